The lowest BCUT2D eigenvalue weighted by molar-refractivity contribution is 0.220. The number of aromatic nitrogens is 1. The molecule has 0 amide bonds. The van der Waals surface area contributed by atoms with Gasteiger partial charge in [-0.2, -0.15) is 0 Å². The number of aryl methyl sites for hydroxylation is 1. The highest BCUT2D eigenvalue weighted by atomic mass is 32.1. The Labute approximate surface area is 76.9 Å². The molecule has 0 saturated carbocycles. The Morgan fingerprint density at radius 1 is 1.75 bits per heavy atom. The minimum atomic E-state index is 0.707. The highest BCUT2D eigenvalue weighted by molar-refractivity contribution is 7.09. The van der Waals surface area contributed by atoms with Crippen molar-refractivity contribution in [2.45, 2.75) is 20.3 Å². The third kappa shape index (κ3) is 2.66. The van der Waals surface area contributed by atoms with Gasteiger partial charge < -0.3 is 4.74 Å². The molecule has 0 aliphatic rings. The first kappa shape index (κ1) is 9.26. The lowest BCUT2D eigenvalue weighted by Gasteiger charge is -2.02. The summed E-state index contributed by atoms with van der Waals surface area (Å²) in [4.78, 5) is 5.46. The average Bonchev–Trinajstić information content (AvgIpc) is 2.36. The third-order valence-corrected chi connectivity index (χ3v) is 2.52. The van der Waals surface area contributed by atoms with E-state index in [0.29, 0.717) is 6.61 Å². The molecule has 0 aliphatic carbocycles. The Morgan fingerprint density at radius 2 is 2.50 bits per heavy atom. The largest absolute Gasteiger partial charge is 0.498 e. The predicted molar refractivity (Wildman–Crippen MR) is 51.3 cm³/mol. The van der Waals surface area contributed by atoms with Crippen LogP contribution in [0.25, 0.3) is 0 Å². The monoisotopic (exact) mass is 183 g/mol. The zero-order valence-corrected chi connectivity index (χ0v) is 8.28. The van der Waals surface area contributed by atoms with Crippen molar-refractivity contribution in [1.29, 1.82) is 0 Å². The van der Waals surface area contributed by atoms with Gasteiger partial charge in [-0.15, -0.1) is 11.3 Å². The van der Waals surface area contributed by atoms with E-state index in [1.807, 2.05) is 19.4 Å². The SMILES string of the molecule is C=C(C)OCCc1scnc1C. The molecule has 1 heterocycles. The number of ether oxygens (including phenoxy) is 1. The summed E-state index contributed by atoms with van der Waals surface area (Å²) in [5.74, 6) is 0.775. The van der Waals surface area contributed by atoms with Crippen LogP contribution >= 0.6 is 11.3 Å². The van der Waals surface area contributed by atoms with Crippen molar-refractivity contribution >= 4 is 11.3 Å². The van der Waals surface area contributed by atoms with Crippen molar-refractivity contribution in [2.75, 3.05) is 6.61 Å². The van der Waals surface area contributed by atoms with E-state index in [0.717, 1.165) is 17.9 Å². The van der Waals surface area contributed by atoms with E-state index < -0.39 is 0 Å². The molecule has 66 valence electrons. The minimum absolute atomic E-state index is 0.707. The molecule has 0 N–H and O–H groups in total. The Bertz CT molecular complexity index is 267. The summed E-state index contributed by atoms with van der Waals surface area (Å²) in [5, 5.41) is 0. The number of hydrogen-bond acceptors (Lipinski definition) is 3. The molecule has 0 radical (unpaired) electrons. The molecule has 0 bridgehead atoms. The second-order valence-corrected chi connectivity index (χ2v) is 3.60. The number of hydrogen-bond donors (Lipinski definition) is 0. The summed E-state index contributed by atoms with van der Waals surface area (Å²) >= 11 is 1.68. The first-order chi connectivity index (χ1) is 5.70. The van der Waals surface area contributed by atoms with Crippen LogP contribution in [-0.4, -0.2) is 11.6 Å². The topological polar surface area (TPSA) is 22.1 Å². The van der Waals surface area contributed by atoms with Gasteiger partial charge in [0.2, 0.25) is 0 Å². The summed E-state index contributed by atoms with van der Waals surface area (Å²) in [6.45, 7) is 8.25. The molecule has 0 unspecified atom stereocenters. The van der Waals surface area contributed by atoms with Gasteiger partial charge in [0.15, 0.2) is 0 Å². The first-order valence-corrected chi connectivity index (χ1v) is 4.75. The summed E-state index contributed by atoms with van der Waals surface area (Å²) in [7, 11) is 0. The first-order valence-electron chi connectivity index (χ1n) is 3.87. The van der Waals surface area contributed by atoms with Crippen molar-refractivity contribution in [3.63, 3.8) is 0 Å². The van der Waals surface area contributed by atoms with Gasteiger partial charge in [0.05, 0.1) is 23.6 Å². The lowest BCUT2D eigenvalue weighted by atomic mass is 10.3. The van der Waals surface area contributed by atoms with Crippen LogP contribution in [0, 0.1) is 6.92 Å². The van der Waals surface area contributed by atoms with Crippen LogP contribution in [0.4, 0.5) is 0 Å². The van der Waals surface area contributed by atoms with E-state index in [1.54, 1.807) is 11.3 Å². The average molecular weight is 183 g/mol. The van der Waals surface area contributed by atoms with Gasteiger partial charge in [-0.3, -0.25) is 0 Å². The van der Waals surface area contributed by atoms with Crippen LogP contribution in [0.2, 0.25) is 0 Å². The molecular formula is C9H13NOS. The Balaban J connectivity index is 2.33. The summed E-state index contributed by atoms with van der Waals surface area (Å²) in [6.07, 6.45) is 0.934. The number of allylic oxidation sites excluding steroid dienone is 1. The molecule has 0 fully saturated rings. The molecule has 1 rings (SSSR count). The van der Waals surface area contributed by atoms with Gasteiger partial charge in [-0.25, -0.2) is 4.98 Å². The van der Waals surface area contributed by atoms with Crippen LogP contribution in [-0.2, 0) is 11.2 Å². The van der Waals surface area contributed by atoms with Crippen LogP contribution < -0.4 is 0 Å². The molecule has 1 aromatic rings. The Kier molecular flexibility index (Phi) is 3.29. The highest BCUT2D eigenvalue weighted by Gasteiger charge is 2.00. The van der Waals surface area contributed by atoms with Crippen molar-refractivity contribution in [3.05, 3.63) is 28.4 Å². The van der Waals surface area contributed by atoms with E-state index in [2.05, 4.69) is 11.6 Å². The number of nitrogens with zero attached hydrogens (tertiary/aromatic N) is 1. The standard InChI is InChI=1S/C9H13NOS/c1-7(2)11-5-4-9-8(3)10-6-12-9/h6H,1,4-5H2,2-3H3. The smallest absolute Gasteiger partial charge is 0.0925 e. The molecule has 0 atom stereocenters. The van der Waals surface area contributed by atoms with E-state index in [-0.39, 0.29) is 0 Å². The molecule has 0 aliphatic heterocycles. The number of rotatable bonds is 4. The van der Waals surface area contributed by atoms with Crippen molar-refractivity contribution < 1.29 is 4.74 Å². The van der Waals surface area contributed by atoms with Gasteiger partial charge >= 0.3 is 0 Å². The van der Waals surface area contributed by atoms with E-state index in [9.17, 15) is 0 Å². The molecule has 12 heavy (non-hydrogen) atoms. The van der Waals surface area contributed by atoms with Gasteiger partial charge in [0, 0.05) is 11.3 Å². The molecule has 1 aromatic heterocycles. The van der Waals surface area contributed by atoms with E-state index >= 15 is 0 Å². The fourth-order valence-corrected chi connectivity index (χ4v) is 1.65. The summed E-state index contributed by atoms with van der Waals surface area (Å²) < 4.78 is 5.25. The number of thiazole rings is 1. The van der Waals surface area contributed by atoms with E-state index in [1.165, 1.54) is 4.88 Å². The molecule has 0 saturated heterocycles. The fourth-order valence-electron chi connectivity index (χ4n) is 0.884. The summed E-state index contributed by atoms with van der Waals surface area (Å²) in [5.41, 5.74) is 2.98. The van der Waals surface area contributed by atoms with Crippen LogP contribution in [0.5, 0.6) is 0 Å². The third-order valence-electron chi connectivity index (χ3n) is 1.52. The van der Waals surface area contributed by atoms with Crippen LogP contribution in [0.1, 0.15) is 17.5 Å². The maximum atomic E-state index is 5.25. The van der Waals surface area contributed by atoms with E-state index in [4.69, 9.17) is 4.74 Å². The Hall–Kier alpha value is -0.830. The Morgan fingerprint density at radius 3 is 3.00 bits per heavy atom. The maximum Gasteiger partial charge on any atom is 0.0925 e. The van der Waals surface area contributed by atoms with Gasteiger partial charge in [0.25, 0.3) is 0 Å². The van der Waals surface area contributed by atoms with Crippen molar-refractivity contribution in [3.8, 4) is 0 Å². The quantitative estimate of drug-likeness (QED) is 0.669. The molecule has 0 aromatic carbocycles. The maximum absolute atomic E-state index is 5.25. The zero-order valence-electron chi connectivity index (χ0n) is 7.46. The van der Waals surface area contributed by atoms with Gasteiger partial charge in [-0.05, 0) is 13.8 Å². The molecule has 3 heteroatoms. The second kappa shape index (κ2) is 4.26. The van der Waals surface area contributed by atoms with Crippen LogP contribution in [0.15, 0.2) is 17.8 Å². The highest BCUT2D eigenvalue weighted by Crippen LogP contribution is 2.12. The molecule has 0 spiro atoms. The van der Waals surface area contributed by atoms with Crippen molar-refractivity contribution in [1.82, 2.24) is 4.98 Å². The second-order valence-electron chi connectivity index (χ2n) is 2.66. The minimum Gasteiger partial charge on any atom is -0.498 e. The normalized spacial score (nSPS) is 9.83. The van der Waals surface area contributed by atoms with Crippen molar-refractivity contribution in [2.24, 2.45) is 0 Å². The molecule has 2 nitrogen and oxygen atoms in total. The fraction of sp³-hybridized carbons (Fsp3) is 0.444. The zero-order chi connectivity index (χ0) is 8.97. The van der Waals surface area contributed by atoms with Gasteiger partial charge in [-0.1, -0.05) is 6.58 Å². The summed E-state index contributed by atoms with van der Waals surface area (Å²) in [6, 6.07) is 0. The lowest BCUT2D eigenvalue weighted by Crippen LogP contribution is -1.95. The van der Waals surface area contributed by atoms with Crippen LogP contribution in [0.3, 0.4) is 0 Å². The van der Waals surface area contributed by atoms with Gasteiger partial charge in [0.1, 0.15) is 0 Å². The predicted octanol–water partition coefficient (Wildman–Crippen LogP) is 2.54. The molecular weight excluding hydrogens is 170 g/mol.